The largest absolute Gasteiger partial charge is 0.493 e. The van der Waals surface area contributed by atoms with Gasteiger partial charge in [-0.15, -0.1) is 0 Å². The summed E-state index contributed by atoms with van der Waals surface area (Å²) in [7, 11) is 3.04. The van der Waals surface area contributed by atoms with Crippen LogP contribution in [0.3, 0.4) is 0 Å². The lowest BCUT2D eigenvalue weighted by molar-refractivity contribution is -0.149. The molecule has 0 atom stereocenters. The molecule has 2 amide bonds. The van der Waals surface area contributed by atoms with Crippen molar-refractivity contribution >= 4 is 35.0 Å². The highest BCUT2D eigenvalue weighted by Crippen LogP contribution is 2.34. The van der Waals surface area contributed by atoms with Crippen LogP contribution in [0.5, 0.6) is 11.5 Å². The van der Waals surface area contributed by atoms with E-state index < -0.39 is 23.7 Å². The fourth-order valence-electron chi connectivity index (χ4n) is 2.16. The molecule has 8 heteroatoms. The lowest BCUT2D eigenvalue weighted by Gasteiger charge is -2.13. The maximum Gasteiger partial charge on any atom is 0.326 e. The molecule has 1 aliphatic rings. The fourth-order valence-corrected chi connectivity index (χ4v) is 3.00. The molecule has 0 N–H and O–H groups in total. The maximum absolute atomic E-state index is 12.4. The first-order valence-electron chi connectivity index (χ1n) is 7.52. The molecule has 0 spiro atoms. The molecule has 0 saturated carbocycles. The summed E-state index contributed by atoms with van der Waals surface area (Å²) in [5.74, 6) is -0.0738. The molecule has 0 aromatic heterocycles. The molecule has 1 saturated heterocycles. The molecule has 25 heavy (non-hydrogen) atoms. The van der Waals surface area contributed by atoms with Gasteiger partial charge in [0.1, 0.15) is 6.54 Å². The van der Waals surface area contributed by atoms with Crippen LogP contribution in [0.25, 0.3) is 6.08 Å². The summed E-state index contributed by atoms with van der Waals surface area (Å²) in [5, 5.41) is -0.502. The highest BCUT2D eigenvalue weighted by molar-refractivity contribution is 8.18. The number of esters is 1. The number of ether oxygens (including phenoxy) is 3. The number of methoxy groups -OCH3 is 2. The van der Waals surface area contributed by atoms with E-state index in [1.54, 1.807) is 38.1 Å². The number of amides is 2. The Morgan fingerprint density at radius 3 is 2.48 bits per heavy atom. The average Bonchev–Trinajstić information content (AvgIpc) is 2.81. The zero-order valence-electron chi connectivity index (χ0n) is 14.4. The van der Waals surface area contributed by atoms with E-state index in [1.807, 2.05) is 0 Å². The van der Waals surface area contributed by atoms with Crippen LogP contribution in [-0.2, 0) is 14.3 Å². The Morgan fingerprint density at radius 2 is 1.88 bits per heavy atom. The average molecular weight is 365 g/mol. The van der Waals surface area contributed by atoms with Crippen LogP contribution in [0.4, 0.5) is 4.79 Å². The van der Waals surface area contributed by atoms with Crippen molar-refractivity contribution in [3.63, 3.8) is 0 Å². The van der Waals surface area contributed by atoms with E-state index in [4.69, 9.17) is 14.2 Å². The molecular formula is C17H19NO6S. The van der Waals surface area contributed by atoms with Crippen molar-refractivity contribution < 1.29 is 28.6 Å². The number of thioether (sulfide) groups is 1. The smallest absolute Gasteiger partial charge is 0.326 e. The first kappa shape index (κ1) is 18.9. The second-order valence-corrected chi connectivity index (χ2v) is 6.41. The first-order chi connectivity index (χ1) is 11.8. The lowest BCUT2D eigenvalue weighted by Crippen LogP contribution is -2.35. The van der Waals surface area contributed by atoms with Gasteiger partial charge in [-0.2, -0.15) is 0 Å². The van der Waals surface area contributed by atoms with Crippen molar-refractivity contribution in [3.05, 3.63) is 28.7 Å². The molecule has 0 radical (unpaired) electrons. The minimum atomic E-state index is -0.621. The third-order valence-electron chi connectivity index (χ3n) is 3.23. The first-order valence-corrected chi connectivity index (χ1v) is 8.34. The van der Waals surface area contributed by atoms with Crippen molar-refractivity contribution in [2.75, 3.05) is 20.8 Å². The van der Waals surface area contributed by atoms with Gasteiger partial charge in [-0.1, -0.05) is 6.07 Å². The molecule has 0 bridgehead atoms. The highest BCUT2D eigenvalue weighted by atomic mass is 32.2. The Labute approximate surface area is 149 Å². The number of hydrogen-bond donors (Lipinski definition) is 0. The monoisotopic (exact) mass is 365 g/mol. The zero-order valence-corrected chi connectivity index (χ0v) is 15.2. The van der Waals surface area contributed by atoms with Crippen molar-refractivity contribution in [2.24, 2.45) is 0 Å². The third kappa shape index (κ3) is 4.54. The van der Waals surface area contributed by atoms with Gasteiger partial charge in [-0.05, 0) is 49.4 Å². The summed E-state index contributed by atoms with van der Waals surface area (Å²) >= 11 is 0.780. The Kier molecular flexibility index (Phi) is 6.08. The van der Waals surface area contributed by atoms with E-state index in [1.165, 1.54) is 14.2 Å². The SMILES string of the molecule is COc1ccc(/C=C2\SC(=O)N(CC(=O)OC(C)C)C2=O)cc1OC. The zero-order chi connectivity index (χ0) is 18.6. The molecule has 1 fully saturated rings. The summed E-state index contributed by atoms with van der Waals surface area (Å²) in [6.07, 6.45) is 1.26. The topological polar surface area (TPSA) is 82.1 Å². The van der Waals surface area contributed by atoms with Gasteiger partial charge in [-0.3, -0.25) is 19.3 Å². The number of imide groups is 1. The highest BCUT2D eigenvalue weighted by Gasteiger charge is 2.36. The Bertz CT molecular complexity index is 728. The van der Waals surface area contributed by atoms with E-state index in [2.05, 4.69) is 0 Å². The Morgan fingerprint density at radius 1 is 1.20 bits per heavy atom. The molecule has 134 valence electrons. The Hall–Kier alpha value is -2.48. The van der Waals surface area contributed by atoms with Crippen LogP contribution in [0.2, 0.25) is 0 Å². The summed E-state index contributed by atoms with van der Waals surface area (Å²) in [4.78, 5) is 37.2. The number of benzene rings is 1. The van der Waals surface area contributed by atoms with E-state index in [0.29, 0.717) is 17.1 Å². The van der Waals surface area contributed by atoms with Gasteiger partial charge in [-0.25, -0.2) is 0 Å². The van der Waals surface area contributed by atoms with E-state index in [9.17, 15) is 14.4 Å². The van der Waals surface area contributed by atoms with Gasteiger partial charge < -0.3 is 14.2 Å². The summed E-state index contributed by atoms with van der Waals surface area (Å²) in [6.45, 7) is 3.00. The molecule has 1 aromatic rings. The summed E-state index contributed by atoms with van der Waals surface area (Å²) < 4.78 is 15.3. The van der Waals surface area contributed by atoms with Crippen molar-refractivity contribution in [1.82, 2.24) is 4.90 Å². The predicted octanol–water partition coefficient (Wildman–Crippen LogP) is 2.69. The van der Waals surface area contributed by atoms with E-state index in [-0.39, 0.29) is 11.0 Å². The molecule has 0 unspecified atom stereocenters. The van der Waals surface area contributed by atoms with Crippen molar-refractivity contribution in [3.8, 4) is 11.5 Å². The van der Waals surface area contributed by atoms with E-state index in [0.717, 1.165) is 16.7 Å². The van der Waals surface area contributed by atoms with Gasteiger partial charge in [0.2, 0.25) is 0 Å². The van der Waals surface area contributed by atoms with Crippen LogP contribution in [0, 0.1) is 0 Å². The predicted molar refractivity (Wildman–Crippen MR) is 93.5 cm³/mol. The maximum atomic E-state index is 12.4. The lowest BCUT2D eigenvalue weighted by atomic mass is 10.2. The molecule has 1 aromatic carbocycles. The number of nitrogens with zero attached hydrogens (tertiary/aromatic N) is 1. The molecule has 1 aliphatic heterocycles. The van der Waals surface area contributed by atoms with Gasteiger partial charge in [0.05, 0.1) is 25.2 Å². The number of rotatable bonds is 6. The minimum absolute atomic E-state index is 0.231. The summed E-state index contributed by atoms with van der Waals surface area (Å²) in [6, 6.07) is 5.14. The quantitative estimate of drug-likeness (QED) is 0.566. The number of hydrogen-bond acceptors (Lipinski definition) is 7. The number of carbonyl (C=O) groups is 3. The fraction of sp³-hybridized carbons (Fsp3) is 0.353. The third-order valence-corrected chi connectivity index (χ3v) is 4.14. The number of carbonyl (C=O) groups excluding carboxylic acids is 3. The summed E-state index contributed by atoms with van der Waals surface area (Å²) in [5.41, 5.74) is 0.674. The Balaban J connectivity index is 2.18. The van der Waals surface area contributed by atoms with Crippen molar-refractivity contribution in [2.45, 2.75) is 20.0 Å². The second kappa shape index (κ2) is 8.06. The molecule has 7 nitrogen and oxygen atoms in total. The van der Waals surface area contributed by atoms with Crippen LogP contribution in [0.1, 0.15) is 19.4 Å². The van der Waals surface area contributed by atoms with Crippen LogP contribution < -0.4 is 9.47 Å². The molecular weight excluding hydrogens is 346 g/mol. The van der Waals surface area contributed by atoms with Crippen LogP contribution in [0.15, 0.2) is 23.1 Å². The standard InChI is InChI=1S/C17H19NO6S/c1-10(2)24-15(19)9-18-16(20)14(25-17(18)21)8-11-5-6-12(22-3)13(7-11)23-4/h5-8,10H,9H2,1-4H3/b14-8-. The van der Waals surface area contributed by atoms with E-state index >= 15 is 0 Å². The van der Waals surface area contributed by atoms with Gasteiger partial charge >= 0.3 is 5.97 Å². The molecule has 0 aliphatic carbocycles. The second-order valence-electron chi connectivity index (χ2n) is 5.42. The van der Waals surface area contributed by atoms with Gasteiger partial charge in [0, 0.05) is 0 Å². The molecule has 2 rings (SSSR count). The van der Waals surface area contributed by atoms with Gasteiger partial charge in [0.15, 0.2) is 11.5 Å². The minimum Gasteiger partial charge on any atom is -0.493 e. The molecule has 1 heterocycles. The van der Waals surface area contributed by atoms with Crippen molar-refractivity contribution in [1.29, 1.82) is 0 Å². The van der Waals surface area contributed by atoms with Gasteiger partial charge in [0.25, 0.3) is 11.1 Å². The normalized spacial score (nSPS) is 15.9. The van der Waals surface area contributed by atoms with Crippen LogP contribution in [-0.4, -0.2) is 48.9 Å². The van der Waals surface area contributed by atoms with Crippen LogP contribution >= 0.6 is 11.8 Å².